The molecule has 6 nitrogen and oxygen atoms in total. The van der Waals surface area contributed by atoms with Gasteiger partial charge >= 0.3 is 0 Å². The Kier molecular flexibility index (Phi) is 4.24. The van der Waals surface area contributed by atoms with Crippen LogP contribution in [-0.4, -0.2) is 36.8 Å². The molecule has 1 amide bonds. The SMILES string of the molecule is O=C(C=Cc1ccc2c(c1)OCO2)NC1CCN(c2ccccn2)C1. The van der Waals surface area contributed by atoms with Crippen LogP contribution in [0.5, 0.6) is 11.5 Å². The zero-order valence-corrected chi connectivity index (χ0v) is 13.7. The minimum atomic E-state index is -0.0921. The van der Waals surface area contributed by atoms with Gasteiger partial charge in [0, 0.05) is 31.4 Å². The van der Waals surface area contributed by atoms with Crippen LogP contribution in [0.25, 0.3) is 6.08 Å². The number of rotatable bonds is 4. The van der Waals surface area contributed by atoms with Crippen LogP contribution < -0.4 is 19.7 Å². The summed E-state index contributed by atoms with van der Waals surface area (Å²) < 4.78 is 10.6. The lowest BCUT2D eigenvalue weighted by atomic mass is 10.2. The van der Waals surface area contributed by atoms with Gasteiger partial charge in [0.1, 0.15) is 5.82 Å². The molecule has 2 aliphatic rings. The summed E-state index contributed by atoms with van der Waals surface area (Å²) in [5.41, 5.74) is 0.904. The summed E-state index contributed by atoms with van der Waals surface area (Å²) in [7, 11) is 0. The smallest absolute Gasteiger partial charge is 0.244 e. The molecule has 2 aliphatic heterocycles. The number of pyridine rings is 1. The highest BCUT2D eigenvalue weighted by Crippen LogP contribution is 2.32. The first kappa shape index (κ1) is 15.5. The number of anilines is 1. The van der Waals surface area contributed by atoms with E-state index < -0.39 is 0 Å². The molecule has 0 bridgehead atoms. The Morgan fingerprint density at radius 3 is 3.04 bits per heavy atom. The Bertz CT molecular complexity index is 792. The minimum Gasteiger partial charge on any atom is -0.454 e. The van der Waals surface area contributed by atoms with Crippen molar-refractivity contribution in [3.8, 4) is 11.5 Å². The summed E-state index contributed by atoms with van der Waals surface area (Å²) in [6.45, 7) is 1.92. The van der Waals surface area contributed by atoms with E-state index in [0.717, 1.165) is 36.6 Å². The zero-order valence-electron chi connectivity index (χ0n) is 13.7. The second kappa shape index (κ2) is 6.84. The molecule has 4 rings (SSSR count). The third-order valence-electron chi connectivity index (χ3n) is 4.33. The number of nitrogens with zero attached hydrogens (tertiary/aromatic N) is 2. The molecule has 1 N–H and O–H groups in total. The number of carbonyl (C=O) groups excluding carboxylic acids is 1. The molecule has 1 aromatic heterocycles. The van der Waals surface area contributed by atoms with Gasteiger partial charge in [0.05, 0.1) is 0 Å². The first-order valence-corrected chi connectivity index (χ1v) is 8.32. The number of benzene rings is 1. The van der Waals surface area contributed by atoms with Gasteiger partial charge in [-0.05, 0) is 42.3 Å². The standard InChI is InChI=1S/C19H19N3O3/c23-19(7-5-14-4-6-16-17(11-14)25-13-24-16)21-15-8-10-22(12-15)18-3-1-2-9-20-18/h1-7,9,11,15H,8,10,12-13H2,(H,21,23). The van der Waals surface area contributed by atoms with Gasteiger partial charge < -0.3 is 19.7 Å². The molecule has 2 aromatic rings. The Morgan fingerprint density at radius 1 is 1.24 bits per heavy atom. The third kappa shape index (κ3) is 3.57. The van der Waals surface area contributed by atoms with Crippen LogP contribution in [0.4, 0.5) is 5.82 Å². The monoisotopic (exact) mass is 337 g/mol. The number of aromatic nitrogens is 1. The number of fused-ring (bicyclic) bond motifs is 1. The maximum absolute atomic E-state index is 12.2. The zero-order chi connectivity index (χ0) is 17.1. The van der Waals surface area contributed by atoms with Gasteiger partial charge in [-0.15, -0.1) is 0 Å². The van der Waals surface area contributed by atoms with Crippen LogP contribution in [0.15, 0.2) is 48.7 Å². The normalized spacial score (nSPS) is 18.7. The molecule has 128 valence electrons. The van der Waals surface area contributed by atoms with Crippen molar-refractivity contribution in [1.29, 1.82) is 0 Å². The lowest BCUT2D eigenvalue weighted by molar-refractivity contribution is -0.117. The average molecular weight is 337 g/mol. The molecule has 0 saturated carbocycles. The highest BCUT2D eigenvalue weighted by atomic mass is 16.7. The van der Waals surface area contributed by atoms with E-state index in [1.54, 1.807) is 18.3 Å². The van der Waals surface area contributed by atoms with Crippen molar-refractivity contribution in [3.63, 3.8) is 0 Å². The van der Waals surface area contributed by atoms with Crippen molar-refractivity contribution in [1.82, 2.24) is 10.3 Å². The van der Waals surface area contributed by atoms with Gasteiger partial charge in [-0.25, -0.2) is 4.98 Å². The van der Waals surface area contributed by atoms with Gasteiger partial charge in [0.25, 0.3) is 0 Å². The Hall–Kier alpha value is -3.02. The van der Waals surface area contributed by atoms with Gasteiger partial charge in [0.2, 0.25) is 12.7 Å². The second-order valence-electron chi connectivity index (χ2n) is 6.07. The number of hydrogen-bond donors (Lipinski definition) is 1. The maximum atomic E-state index is 12.2. The molecule has 1 unspecified atom stereocenters. The van der Waals surface area contributed by atoms with Crippen molar-refractivity contribution < 1.29 is 14.3 Å². The topological polar surface area (TPSA) is 63.7 Å². The molecule has 25 heavy (non-hydrogen) atoms. The lowest BCUT2D eigenvalue weighted by Crippen LogP contribution is -2.36. The Balaban J connectivity index is 1.32. The fraction of sp³-hybridized carbons (Fsp3) is 0.263. The van der Waals surface area contributed by atoms with E-state index in [4.69, 9.17) is 9.47 Å². The molecule has 3 heterocycles. The lowest BCUT2D eigenvalue weighted by Gasteiger charge is -2.17. The average Bonchev–Trinajstić information content (AvgIpc) is 3.29. The second-order valence-corrected chi connectivity index (χ2v) is 6.07. The summed E-state index contributed by atoms with van der Waals surface area (Å²) in [5.74, 6) is 2.31. The predicted molar refractivity (Wildman–Crippen MR) is 94.6 cm³/mol. The number of carbonyl (C=O) groups is 1. The first-order chi connectivity index (χ1) is 12.3. The molecule has 0 radical (unpaired) electrons. The number of ether oxygens (including phenoxy) is 2. The van der Waals surface area contributed by atoms with Crippen LogP contribution in [0.1, 0.15) is 12.0 Å². The summed E-state index contributed by atoms with van der Waals surface area (Å²) in [6, 6.07) is 11.6. The third-order valence-corrected chi connectivity index (χ3v) is 4.33. The maximum Gasteiger partial charge on any atom is 0.244 e. The molecule has 1 aromatic carbocycles. The molecular formula is C19H19N3O3. The first-order valence-electron chi connectivity index (χ1n) is 8.32. The molecule has 0 spiro atoms. The number of hydrogen-bond acceptors (Lipinski definition) is 5. The quantitative estimate of drug-likeness (QED) is 0.867. The van der Waals surface area contributed by atoms with Gasteiger partial charge in [-0.3, -0.25) is 4.79 Å². The van der Waals surface area contributed by atoms with Gasteiger partial charge in [-0.2, -0.15) is 0 Å². The van der Waals surface area contributed by atoms with Gasteiger partial charge in [0.15, 0.2) is 11.5 Å². The summed E-state index contributed by atoms with van der Waals surface area (Å²) in [4.78, 5) is 18.7. The molecule has 1 atom stereocenters. The minimum absolute atomic E-state index is 0.0921. The molecule has 1 fully saturated rings. The molecule has 1 saturated heterocycles. The van der Waals surface area contributed by atoms with E-state index in [2.05, 4.69) is 15.2 Å². The van der Waals surface area contributed by atoms with E-state index >= 15 is 0 Å². The summed E-state index contributed by atoms with van der Waals surface area (Å²) in [6.07, 6.45) is 6.04. The van der Waals surface area contributed by atoms with Gasteiger partial charge in [-0.1, -0.05) is 12.1 Å². The van der Waals surface area contributed by atoms with Crippen molar-refractivity contribution in [2.24, 2.45) is 0 Å². The van der Waals surface area contributed by atoms with Crippen molar-refractivity contribution in [2.75, 3.05) is 24.8 Å². The van der Waals surface area contributed by atoms with Crippen LogP contribution in [0.3, 0.4) is 0 Å². The van der Waals surface area contributed by atoms with Crippen molar-refractivity contribution >= 4 is 17.8 Å². The highest BCUT2D eigenvalue weighted by Gasteiger charge is 2.24. The number of amides is 1. The van der Waals surface area contributed by atoms with Crippen molar-refractivity contribution in [2.45, 2.75) is 12.5 Å². The fourth-order valence-electron chi connectivity index (χ4n) is 3.06. The molecule has 6 heteroatoms. The summed E-state index contributed by atoms with van der Waals surface area (Å²) in [5, 5.41) is 3.05. The Labute approximate surface area is 146 Å². The van der Waals surface area contributed by atoms with E-state index in [1.807, 2.05) is 36.4 Å². The van der Waals surface area contributed by atoms with E-state index in [9.17, 15) is 4.79 Å². The van der Waals surface area contributed by atoms with Crippen LogP contribution in [0.2, 0.25) is 0 Å². The largest absolute Gasteiger partial charge is 0.454 e. The predicted octanol–water partition coefficient (Wildman–Crippen LogP) is 2.22. The summed E-state index contributed by atoms with van der Waals surface area (Å²) >= 11 is 0. The molecule has 0 aliphatic carbocycles. The number of nitrogens with one attached hydrogen (secondary N) is 1. The van der Waals surface area contributed by atoms with Crippen LogP contribution in [0, 0.1) is 0 Å². The van der Waals surface area contributed by atoms with E-state index in [1.165, 1.54) is 0 Å². The van der Waals surface area contributed by atoms with E-state index in [0.29, 0.717) is 5.75 Å². The Morgan fingerprint density at radius 2 is 2.16 bits per heavy atom. The fourth-order valence-corrected chi connectivity index (χ4v) is 3.06. The van der Waals surface area contributed by atoms with E-state index in [-0.39, 0.29) is 18.7 Å². The van der Waals surface area contributed by atoms with Crippen LogP contribution in [-0.2, 0) is 4.79 Å². The van der Waals surface area contributed by atoms with Crippen LogP contribution >= 0.6 is 0 Å². The van der Waals surface area contributed by atoms with Crippen molar-refractivity contribution in [3.05, 3.63) is 54.2 Å². The highest BCUT2D eigenvalue weighted by molar-refractivity contribution is 5.92. The molecular weight excluding hydrogens is 318 g/mol.